The molecular formula is C14H22N4O2S. The summed E-state index contributed by atoms with van der Waals surface area (Å²) in [6, 6.07) is 3.89. The van der Waals surface area contributed by atoms with E-state index in [9.17, 15) is 8.42 Å². The van der Waals surface area contributed by atoms with Crippen LogP contribution in [0.15, 0.2) is 23.2 Å². The van der Waals surface area contributed by atoms with Crippen molar-refractivity contribution in [2.24, 2.45) is 11.1 Å². The van der Waals surface area contributed by atoms with Gasteiger partial charge in [-0.1, -0.05) is 0 Å². The van der Waals surface area contributed by atoms with Crippen molar-refractivity contribution in [1.29, 1.82) is 0 Å². The second kappa shape index (κ2) is 5.90. The zero-order chi connectivity index (χ0) is 14.9. The molecule has 7 heteroatoms. The van der Waals surface area contributed by atoms with Gasteiger partial charge in [-0.25, -0.2) is 18.5 Å². The van der Waals surface area contributed by atoms with Crippen molar-refractivity contribution in [3.63, 3.8) is 0 Å². The lowest BCUT2D eigenvalue weighted by atomic mass is 9.97. The number of sulfonamides is 1. The predicted octanol–water partition coefficient (Wildman–Crippen LogP) is 0.697. The third kappa shape index (κ3) is 3.72. The van der Waals surface area contributed by atoms with Gasteiger partial charge in [0.25, 0.3) is 0 Å². The SMILES string of the molecule is NS(=O)(=O)c1ccc(N(CC2CCNCC2)C2CC2)nc1. The summed E-state index contributed by atoms with van der Waals surface area (Å²) in [6.45, 7) is 3.18. The summed E-state index contributed by atoms with van der Waals surface area (Å²) < 4.78 is 22.6. The number of nitrogens with two attached hydrogens (primary N) is 1. The molecule has 2 fully saturated rings. The first-order valence-corrected chi connectivity index (χ1v) is 9.05. The Morgan fingerprint density at radius 1 is 1.24 bits per heavy atom. The molecule has 1 aliphatic carbocycles. The van der Waals surface area contributed by atoms with Crippen molar-refractivity contribution in [3.8, 4) is 0 Å². The largest absolute Gasteiger partial charge is 0.353 e. The van der Waals surface area contributed by atoms with Gasteiger partial charge in [-0.05, 0) is 56.8 Å². The van der Waals surface area contributed by atoms with Crippen molar-refractivity contribution < 1.29 is 8.42 Å². The lowest BCUT2D eigenvalue weighted by Crippen LogP contribution is -2.37. The van der Waals surface area contributed by atoms with Gasteiger partial charge in [-0.3, -0.25) is 0 Å². The van der Waals surface area contributed by atoms with Crippen molar-refractivity contribution in [2.45, 2.75) is 36.6 Å². The average molecular weight is 310 g/mol. The van der Waals surface area contributed by atoms with Crippen molar-refractivity contribution in [3.05, 3.63) is 18.3 Å². The van der Waals surface area contributed by atoms with E-state index >= 15 is 0 Å². The molecule has 2 aliphatic rings. The normalized spacial score (nSPS) is 20.4. The van der Waals surface area contributed by atoms with Gasteiger partial charge >= 0.3 is 0 Å². The Kier molecular flexibility index (Phi) is 4.14. The Morgan fingerprint density at radius 2 is 1.95 bits per heavy atom. The minimum Gasteiger partial charge on any atom is -0.353 e. The number of anilines is 1. The number of piperidine rings is 1. The van der Waals surface area contributed by atoms with Crippen LogP contribution in [0, 0.1) is 5.92 Å². The molecule has 1 saturated heterocycles. The van der Waals surface area contributed by atoms with E-state index in [0.29, 0.717) is 12.0 Å². The van der Waals surface area contributed by atoms with Gasteiger partial charge in [0.2, 0.25) is 10.0 Å². The second-order valence-corrected chi connectivity index (χ2v) is 7.54. The molecule has 0 amide bonds. The molecule has 6 nitrogen and oxygen atoms in total. The Hall–Kier alpha value is -1.18. The van der Waals surface area contributed by atoms with Crippen LogP contribution in [0.4, 0.5) is 5.82 Å². The van der Waals surface area contributed by atoms with Crippen LogP contribution in [0.1, 0.15) is 25.7 Å². The second-order valence-electron chi connectivity index (χ2n) is 5.97. The van der Waals surface area contributed by atoms with Gasteiger partial charge in [-0.15, -0.1) is 0 Å². The maximum atomic E-state index is 11.3. The molecule has 3 rings (SSSR count). The minimum atomic E-state index is -3.67. The highest BCUT2D eigenvalue weighted by Gasteiger charge is 2.32. The highest BCUT2D eigenvalue weighted by Crippen LogP contribution is 2.32. The molecule has 0 aromatic carbocycles. The van der Waals surface area contributed by atoms with Gasteiger partial charge in [0.1, 0.15) is 10.7 Å². The van der Waals surface area contributed by atoms with Crippen LogP contribution in [-0.2, 0) is 10.0 Å². The molecule has 116 valence electrons. The van der Waals surface area contributed by atoms with E-state index in [2.05, 4.69) is 15.2 Å². The minimum absolute atomic E-state index is 0.0730. The maximum Gasteiger partial charge on any atom is 0.239 e. The molecular weight excluding hydrogens is 288 g/mol. The molecule has 1 aliphatic heterocycles. The Bertz CT molecular complexity index is 577. The summed E-state index contributed by atoms with van der Waals surface area (Å²) in [5.74, 6) is 1.55. The monoisotopic (exact) mass is 310 g/mol. The van der Waals surface area contributed by atoms with Crippen molar-refractivity contribution in [2.75, 3.05) is 24.5 Å². The molecule has 1 aromatic rings. The van der Waals surface area contributed by atoms with Crippen LogP contribution in [-0.4, -0.2) is 39.1 Å². The van der Waals surface area contributed by atoms with E-state index in [1.807, 2.05) is 0 Å². The molecule has 0 radical (unpaired) electrons. The summed E-state index contributed by atoms with van der Waals surface area (Å²) in [5.41, 5.74) is 0. The van der Waals surface area contributed by atoms with Crippen LogP contribution >= 0.6 is 0 Å². The van der Waals surface area contributed by atoms with Crippen LogP contribution in [0.5, 0.6) is 0 Å². The summed E-state index contributed by atoms with van der Waals surface area (Å²) in [6.07, 6.45) is 6.15. The van der Waals surface area contributed by atoms with Crippen LogP contribution in [0.25, 0.3) is 0 Å². The first-order chi connectivity index (χ1) is 10.0. The number of rotatable bonds is 5. The summed E-state index contributed by atoms with van der Waals surface area (Å²) >= 11 is 0. The number of nitrogens with one attached hydrogen (secondary N) is 1. The fourth-order valence-electron chi connectivity index (χ4n) is 2.87. The maximum absolute atomic E-state index is 11.3. The van der Waals surface area contributed by atoms with Crippen molar-refractivity contribution in [1.82, 2.24) is 10.3 Å². The number of primary sulfonamides is 1. The van der Waals surface area contributed by atoms with Gasteiger partial charge in [0.15, 0.2) is 0 Å². The first kappa shape index (κ1) is 14.7. The van der Waals surface area contributed by atoms with E-state index < -0.39 is 10.0 Å². The van der Waals surface area contributed by atoms with Crippen LogP contribution in [0.3, 0.4) is 0 Å². The molecule has 2 heterocycles. The quantitative estimate of drug-likeness (QED) is 0.835. The van der Waals surface area contributed by atoms with Crippen LogP contribution < -0.4 is 15.4 Å². The summed E-state index contributed by atoms with van der Waals surface area (Å²) in [7, 11) is -3.67. The third-order valence-electron chi connectivity index (χ3n) is 4.24. The molecule has 1 saturated carbocycles. The number of hydrogen-bond acceptors (Lipinski definition) is 5. The zero-order valence-corrected chi connectivity index (χ0v) is 12.8. The Balaban J connectivity index is 1.74. The molecule has 0 spiro atoms. The van der Waals surface area contributed by atoms with Gasteiger partial charge in [0, 0.05) is 18.8 Å². The molecule has 1 aromatic heterocycles. The standard InChI is InChI=1S/C14H22N4O2S/c15-21(19,20)13-3-4-14(17-9-13)18(12-1-2-12)10-11-5-7-16-8-6-11/h3-4,9,11-12,16H,1-2,5-8,10H2,(H2,15,19,20). The molecule has 0 unspecified atom stereocenters. The van der Waals surface area contributed by atoms with Gasteiger partial charge in [-0.2, -0.15) is 0 Å². The van der Waals surface area contributed by atoms with Crippen LogP contribution in [0.2, 0.25) is 0 Å². The van der Waals surface area contributed by atoms with Crippen molar-refractivity contribution >= 4 is 15.8 Å². The molecule has 21 heavy (non-hydrogen) atoms. The highest BCUT2D eigenvalue weighted by molar-refractivity contribution is 7.89. The van der Waals surface area contributed by atoms with E-state index in [4.69, 9.17) is 5.14 Å². The number of pyridine rings is 1. The predicted molar refractivity (Wildman–Crippen MR) is 81.6 cm³/mol. The fraction of sp³-hybridized carbons (Fsp3) is 0.643. The number of aromatic nitrogens is 1. The average Bonchev–Trinajstić information content (AvgIpc) is 3.30. The fourth-order valence-corrected chi connectivity index (χ4v) is 3.33. The smallest absolute Gasteiger partial charge is 0.239 e. The van der Waals surface area contributed by atoms with Gasteiger partial charge < -0.3 is 10.2 Å². The Morgan fingerprint density at radius 3 is 2.48 bits per heavy atom. The molecule has 0 bridgehead atoms. The Labute approximate surface area is 125 Å². The lowest BCUT2D eigenvalue weighted by Gasteiger charge is -2.31. The topological polar surface area (TPSA) is 88.3 Å². The first-order valence-electron chi connectivity index (χ1n) is 7.50. The number of nitrogens with zero attached hydrogens (tertiary/aromatic N) is 2. The third-order valence-corrected chi connectivity index (χ3v) is 5.14. The van der Waals surface area contributed by atoms with E-state index in [1.165, 1.54) is 31.9 Å². The van der Waals surface area contributed by atoms with E-state index in [1.54, 1.807) is 12.1 Å². The van der Waals surface area contributed by atoms with E-state index in [-0.39, 0.29) is 4.90 Å². The van der Waals surface area contributed by atoms with E-state index in [0.717, 1.165) is 25.5 Å². The molecule has 3 N–H and O–H groups in total. The summed E-state index contributed by atoms with van der Waals surface area (Å²) in [5, 5.41) is 8.50. The molecule has 0 atom stereocenters. The zero-order valence-electron chi connectivity index (χ0n) is 12.0. The lowest BCUT2D eigenvalue weighted by molar-refractivity contribution is 0.372. The highest BCUT2D eigenvalue weighted by atomic mass is 32.2. The van der Waals surface area contributed by atoms with Gasteiger partial charge in [0.05, 0.1) is 0 Å². The number of hydrogen-bond donors (Lipinski definition) is 2. The summed E-state index contributed by atoms with van der Waals surface area (Å²) in [4.78, 5) is 6.73.